The summed E-state index contributed by atoms with van der Waals surface area (Å²) >= 11 is 0. The summed E-state index contributed by atoms with van der Waals surface area (Å²) in [7, 11) is 0. The Kier molecular flexibility index (Phi) is 9.18. The van der Waals surface area contributed by atoms with Crippen LogP contribution in [0.15, 0.2) is 0 Å². The Morgan fingerprint density at radius 1 is 0.750 bits per heavy atom. The van der Waals surface area contributed by atoms with Crippen LogP contribution < -0.4 is 0 Å². The largest absolute Gasteiger partial charge is 0.462 e. The van der Waals surface area contributed by atoms with Crippen LogP contribution in [0.3, 0.4) is 0 Å². The number of hydrogen-bond acceptors (Lipinski definition) is 2. The van der Waals surface area contributed by atoms with Gasteiger partial charge in [0.2, 0.25) is 0 Å². The molecule has 0 aromatic rings. The summed E-state index contributed by atoms with van der Waals surface area (Å²) in [6.07, 6.45) is 22.5. The van der Waals surface area contributed by atoms with Crippen LogP contribution in [0.25, 0.3) is 0 Å². The molecule has 3 rings (SSSR count). The third-order valence-corrected chi connectivity index (χ3v) is 8.44. The van der Waals surface area contributed by atoms with E-state index in [4.69, 9.17) is 4.74 Å². The molecule has 0 N–H and O–H groups in total. The number of carbonyl (C=O) groups is 1. The number of hydrogen-bond donors (Lipinski definition) is 0. The molecule has 3 saturated carbocycles. The summed E-state index contributed by atoms with van der Waals surface area (Å²) in [4.78, 5) is 12.0. The second-order valence-corrected chi connectivity index (χ2v) is 10.4. The van der Waals surface area contributed by atoms with Gasteiger partial charge in [0.05, 0.1) is 0 Å². The van der Waals surface area contributed by atoms with Crippen molar-refractivity contribution in [3.05, 3.63) is 0 Å². The molecule has 3 fully saturated rings. The van der Waals surface area contributed by atoms with E-state index >= 15 is 0 Å². The van der Waals surface area contributed by atoms with Gasteiger partial charge in [0, 0.05) is 6.42 Å². The molecule has 0 bridgehead atoms. The highest BCUT2D eigenvalue weighted by molar-refractivity contribution is 5.69. The molecule has 0 radical (unpaired) electrons. The van der Waals surface area contributed by atoms with Gasteiger partial charge in [0.15, 0.2) is 0 Å². The molecule has 0 amide bonds. The van der Waals surface area contributed by atoms with E-state index in [9.17, 15) is 4.79 Å². The highest BCUT2D eigenvalue weighted by Gasteiger charge is 2.35. The van der Waals surface area contributed by atoms with E-state index in [1.54, 1.807) is 0 Å². The fourth-order valence-corrected chi connectivity index (χ4v) is 6.73. The molecule has 2 atom stereocenters. The van der Waals surface area contributed by atoms with Crippen LogP contribution in [0, 0.1) is 29.6 Å². The zero-order valence-corrected chi connectivity index (χ0v) is 18.8. The Hall–Kier alpha value is -0.530. The van der Waals surface area contributed by atoms with Crippen molar-refractivity contribution in [1.82, 2.24) is 0 Å². The van der Waals surface area contributed by atoms with E-state index in [-0.39, 0.29) is 12.1 Å². The van der Waals surface area contributed by atoms with Gasteiger partial charge in [0.1, 0.15) is 6.10 Å². The van der Waals surface area contributed by atoms with E-state index < -0.39 is 0 Å². The standard InChI is InChI=1S/C26H46O2/c1-3-5-10-26(27)28-25-9-6-8-24(19-25)23-17-15-22(16-18-23)21-13-11-20(7-4-2)12-14-21/h20-25H,3-19H2,1-2H3/t20-,21-,22?,23?,24-,25+/m0/s1. The van der Waals surface area contributed by atoms with Gasteiger partial charge >= 0.3 is 5.97 Å². The summed E-state index contributed by atoms with van der Waals surface area (Å²) in [6, 6.07) is 0. The lowest BCUT2D eigenvalue weighted by Gasteiger charge is -2.41. The minimum absolute atomic E-state index is 0.0508. The Bertz CT molecular complexity index is 443. The summed E-state index contributed by atoms with van der Waals surface area (Å²) in [6.45, 7) is 4.48. The summed E-state index contributed by atoms with van der Waals surface area (Å²) in [5.74, 6) is 4.87. The molecule has 2 heteroatoms. The molecule has 0 heterocycles. The molecule has 0 aromatic heterocycles. The highest BCUT2D eigenvalue weighted by atomic mass is 16.5. The summed E-state index contributed by atoms with van der Waals surface area (Å²) in [5, 5.41) is 0. The lowest BCUT2D eigenvalue weighted by molar-refractivity contribution is -0.152. The van der Waals surface area contributed by atoms with Crippen molar-refractivity contribution in [2.45, 2.75) is 129 Å². The number of ether oxygens (including phenoxy) is 1. The zero-order chi connectivity index (χ0) is 19.8. The first-order valence-corrected chi connectivity index (χ1v) is 12.9. The molecule has 0 aliphatic heterocycles. The molecular formula is C26H46O2. The molecule has 3 aliphatic carbocycles. The van der Waals surface area contributed by atoms with Crippen molar-refractivity contribution in [2.24, 2.45) is 29.6 Å². The van der Waals surface area contributed by atoms with E-state index in [1.807, 2.05) is 0 Å². The van der Waals surface area contributed by atoms with Gasteiger partial charge in [0.25, 0.3) is 0 Å². The minimum Gasteiger partial charge on any atom is -0.462 e. The normalized spacial score (nSPS) is 36.8. The Morgan fingerprint density at radius 3 is 1.96 bits per heavy atom. The predicted octanol–water partition coefficient (Wildman–Crippen LogP) is 7.69. The van der Waals surface area contributed by atoms with Gasteiger partial charge in [-0.2, -0.15) is 0 Å². The SMILES string of the molecule is CCCCC(=O)O[C@@H]1CCC[C@H](C2CCC([C@H]3CC[C@H](CCC)CC3)CC2)C1. The van der Waals surface area contributed by atoms with Gasteiger partial charge < -0.3 is 4.74 Å². The van der Waals surface area contributed by atoms with E-state index in [2.05, 4.69) is 13.8 Å². The van der Waals surface area contributed by atoms with Crippen molar-refractivity contribution in [1.29, 1.82) is 0 Å². The molecule has 0 spiro atoms. The van der Waals surface area contributed by atoms with E-state index in [0.717, 1.165) is 55.3 Å². The van der Waals surface area contributed by atoms with Crippen LogP contribution in [0.4, 0.5) is 0 Å². The quantitative estimate of drug-likeness (QED) is 0.397. The van der Waals surface area contributed by atoms with Crippen LogP contribution in [-0.2, 0) is 9.53 Å². The van der Waals surface area contributed by atoms with Crippen LogP contribution in [-0.4, -0.2) is 12.1 Å². The van der Waals surface area contributed by atoms with E-state index in [1.165, 1.54) is 77.0 Å². The average Bonchev–Trinajstić information content (AvgIpc) is 2.73. The molecule has 0 unspecified atom stereocenters. The number of carbonyl (C=O) groups excluding carboxylic acids is 1. The second kappa shape index (κ2) is 11.6. The predicted molar refractivity (Wildman–Crippen MR) is 117 cm³/mol. The Morgan fingerprint density at radius 2 is 1.36 bits per heavy atom. The molecule has 162 valence electrons. The Labute approximate surface area is 174 Å². The number of unbranched alkanes of at least 4 members (excludes halogenated alkanes) is 1. The summed E-state index contributed by atoms with van der Waals surface area (Å²) < 4.78 is 5.82. The van der Waals surface area contributed by atoms with Crippen LogP contribution in [0.5, 0.6) is 0 Å². The molecule has 2 nitrogen and oxygen atoms in total. The van der Waals surface area contributed by atoms with Crippen molar-refractivity contribution >= 4 is 5.97 Å². The van der Waals surface area contributed by atoms with Crippen molar-refractivity contribution in [2.75, 3.05) is 0 Å². The molecule has 3 aliphatic rings. The average molecular weight is 391 g/mol. The van der Waals surface area contributed by atoms with Gasteiger partial charge in [-0.3, -0.25) is 4.79 Å². The first kappa shape index (κ1) is 22.2. The monoisotopic (exact) mass is 390 g/mol. The second-order valence-electron chi connectivity index (χ2n) is 10.4. The minimum atomic E-state index is 0.0508. The van der Waals surface area contributed by atoms with Crippen molar-refractivity contribution in [3.63, 3.8) is 0 Å². The smallest absolute Gasteiger partial charge is 0.306 e. The maximum absolute atomic E-state index is 12.0. The maximum atomic E-state index is 12.0. The fraction of sp³-hybridized carbons (Fsp3) is 0.962. The first-order valence-electron chi connectivity index (χ1n) is 12.9. The number of rotatable bonds is 8. The molecular weight excluding hydrogens is 344 g/mol. The van der Waals surface area contributed by atoms with Crippen LogP contribution in [0.1, 0.15) is 123 Å². The van der Waals surface area contributed by atoms with Crippen LogP contribution >= 0.6 is 0 Å². The van der Waals surface area contributed by atoms with E-state index in [0.29, 0.717) is 6.42 Å². The third kappa shape index (κ3) is 6.49. The van der Waals surface area contributed by atoms with Crippen molar-refractivity contribution in [3.8, 4) is 0 Å². The number of esters is 1. The maximum Gasteiger partial charge on any atom is 0.306 e. The first-order chi connectivity index (χ1) is 13.7. The van der Waals surface area contributed by atoms with Gasteiger partial charge in [-0.15, -0.1) is 0 Å². The van der Waals surface area contributed by atoms with Crippen LogP contribution in [0.2, 0.25) is 0 Å². The Balaban J connectivity index is 1.38. The highest BCUT2D eigenvalue weighted by Crippen LogP contribution is 2.46. The fourth-order valence-electron chi connectivity index (χ4n) is 6.73. The summed E-state index contributed by atoms with van der Waals surface area (Å²) in [5.41, 5.74) is 0. The topological polar surface area (TPSA) is 26.3 Å². The lowest BCUT2D eigenvalue weighted by Crippen LogP contribution is -2.32. The van der Waals surface area contributed by atoms with Gasteiger partial charge in [-0.25, -0.2) is 0 Å². The van der Waals surface area contributed by atoms with Gasteiger partial charge in [-0.1, -0.05) is 46.0 Å². The third-order valence-electron chi connectivity index (χ3n) is 8.44. The molecule has 0 saturated heterocycles. The molecule has 28 heavy (non-hydrogen) atoms. The lowest BCUT2D eigenvalue weighted by atomic mass is 9.65. The zero-order valence-electron chi connectivity index (χ0n) is 18.8. The van der Waals surface area contributed by atoms with Gasteiger partial charge in [-0.05, 0) is 100 Å². The van der Waals surface area contributed by atoms with Crippen molar-refractivity contribution < 1.29 is 9.53 Å². The molecule has 0 aromatic carbocycles.